The summed E-state index contributed by atoms with van der Waals surface area (Å²) in [5.74, 6) is 0.294. The number of nitrogens with zero attached hydrogens (tertiary/aromatic N) is 3. The van der Waals surface area contributed by atoms with E-state index in [1.165, 1.54) is 5.56 Å². The zero-order valence-corrected chi connectivity index (χ0v) is 13.9. The van der Waals surface area contributed by atoms with Gasteiger partial charge in [0.1, 0.15) is 0 Å². The molecule has 0 aromatic carbocycles. The fraction of sp³-hybridized carbons (Fsp3) is 0.474. The van der Waals surface area contributed by atoms with Crippen LogP contribution in [0.2, 0.25) is 0 Å². The molecule has 2 aliphatic heterocycles. The Hall–Kier alpha value is -2.14. The van der Waals surface area contributed by atoms with Gasteiger partial charge >= 0.3 is 0 Å². The van der Waals surface area contributed by atoms with Gasteiger partial charge in [0.15, 0.2) is 0 Å². The lowest BCUT2D eigenvalue weighted by atomic mass is 9.84. The van der Waals surface area contributed by atoms with E-state index in [1.807, 2.05) is 24.6 Å². The van der Waals surface area contributed by atoms with Crippen LogP contribution in [0, 0.1) is 0 Å². The van der Waals surface area contributed by atoms with Crippen molar-refractivity contribution in [1.29, 1.82) is 0 Å². The van der Waals surface area contributed by atoms with Crippen LogP contribution in [0.25, 0.3) is 0 Å². The number of carbonyl (C=O) groups excluding carboxylic acids is 1. The van der Waals surface area contributed by atoms with E-state index >= 15 is 0 Å². The van der Waals surface area contributed by atoms with Crippen molar-refractivity contribution in [3.63, 3.8) is 0 Å². The van der Waals surface area contributed by atoms with E-state index in [9.17, 15) is 4.79 Å². The smallest absolute Gasteiger partial charge is 0.223 e. The van der Waals surface area contributed by atoms with Crippen LogP contribution in [-0.2, 0) is 17.9 Å². The molecule has 24 heavy (non-hydrogen) atoms. The Kier molecular flexibility index (Phi) is 4.10. The second-order valence-corrected chi connectivity index (χ2v) is 6.97. The lowest BCUT2D eigenvalue weighted by Crippen LogP contribution is -2.52. The average Bonchev–Trinajstić information content (AvgIpc) is 3.22. The maximum Gasteiger partial charge on any atom is 0.223 e. The summed E-state index contributed by atoms with van der Waals surface area (Å²) in [4.78, 5) is 21.2. The van der Waals surface area contributed by atoms with Crippen molar-refractivity contribution in [1.82, 2.24) is 14.8 Å². The van der Waals surface area contributed by atoms with Crippen molar-refractivity contribution < 1.29 is 9.21 Å². The van der Waals surface area contributed by atoms with Crippen molar-refractivity contribution >= 4 is 5.91 Å². The summed E-state index contributed by atoms with van der Waals surface area (Å²) >= 11 is 0. The molecule has 2 fully saturated rings. The summed E-state index contributed by atoms with van der Waals surface area (Å²) in [6.45, 7) is 3.68. The van der Waals surface area contributed by atoms with Gasteiger partial charge in [-0.1, -0.05) is 6.07 Å². The normalized spacial score (nSPS) is 20.8. The second kappa shape index (κ2) is 6.40. The van der Waals surface area contributed by atoms with Crippen LogP contribution in [0.3, 0.4) is 0 Å². The van der Waals surface area contributed by atoms with Gasteiger partial charge in [-0.3, -0.25) is 14.7 Å². The van der Waals surface area contributed by atoms with Crippen LogP contribution in [-0.4, -0.2) is 39.3 Å². The van der Waals surface area contributed by atoms with E-state index in [0.717, 1.165) is 44.5 Å². The molecule has 2 aliphatic rings. The number of rotatable bonds is 4. The summed E-state index contributed by atoms with van der Waals surface area (Å²) in [6, 6.07) is 6.02. The minimum atomic E-state index is 0.0415. The highest BCUT2D eigenvalue weighted by molar-refractivity contribution is 5.79. The first kappa shape index (κ1) is 15.4. The molecule has 0 bridgehead atoms. The molecule has 4 rings (SSSR count). The molecule has 5 heteroatoms. The maximum atomic E-state index is 12.5. The largest absolute Gasteiger partial charge is 0.472 e. The first-order valence-electron chi connectivity index (χ1n) is 8.68. The molecule has 0 unspecified atom stereocenters. The molecule has 2 aromatic rings. The number of piperidine rings is 1. The molecule has 0 atom stereocenters. The number of furan rings is 1. The van der Waals surface area contributed by atoms with E-state index in [2.05, 4.69) is 20.9 Å². The summed E-state index contributed by atoms with van der Waals surface area (Å²) in [5, 5.41) is 0. The monoisotopic (exact) mass is 325 g/mol. The Morgan fingerprint density at radius 2 is 2.00 bits per heavy atom. The van der Waals surface area contributed by atoms with E-state index in [-0.39, 0.29) is 5.54 Å². The highest BCUT2D eigenvalue weighted by Crippen LogP contribution is 2.40. The third-order valence-electron chi connectivity index (χ3n) is 5.51. The lowest BCUT2D eigenvalue weighted by Gasteiger charge is -2.45. The topological polar surface area (TPSA) is 49.6 Å². The van der Waals surface area contributed by atoms with Crippen LogP contribution in [0.1, 0.15) is 36.8 Å². The standard InChI is InChI=1S/C19H23N3O2/c23-18-3-5-19(22(18)14-16-2-1-8-20-12-16)6-9-21(10-7-19)13-17-4-11-24-15-17/h1-2,4,8,11-12,15H,3,5-7,9-10,13-14H2. The molecule has 2 saturated heterocycles. The minimum absolute atomic E-state index is 0.0415. The summed E-state index contributed by atoms with van der Waals surface area (Å²) in [5.41, 5.74) is 2.38. The van der Waals surface area contributed by atoms with Crippen molar-refractivity contribution in [2.24, 2.45) is 0 Å². The van der Waals surface area contributed by atoms with Crippen molar-refractivity contribution in [2.45, 2.75) is 44.3 Å². The van der Waals surface area contributed by atoms with Crippen LogP contribution >= 0.6 is 0 Å². The SMILES string of the molecule is O=C1CCC2(CCN(Cc3ccoc3)CC2)N1Cc1cccnc1. The van der Waals surface area contributed by atoms with Gasteiger partial charge in [-0.2, -0.15) is 0 Å². The summed E-state index contributed by atoms with van der Waals surface area (Å²) < 4.78 is 5.16. The molecule has 0 N–H and O–H groups in total. The molecular formula is C19H23N3O2. The Labute approximate surface area is 142 Å². The molecule has 4 heterocycles. The third-order valence-corrected chi connectivity index (χ3v) is 5.51. The fourth-order valence-electron chi connectivity index (χ4n) is 4.09. The highest BCUT2D eigenvalue weighted by Gasteiger charge is 2.46. The number of hydrogen-bond acceptors (Lipinski definition) is 4. The average molecular weight is 325 g/mol. The number of likely N-dealkylation sites (tertiary alicyclic amines) is 2. The Bertz CT molecular complexity index is 676. The molecule has 0 radical (unpaired) electrons. The fourth-order valence-corrected chi connectivity index (χ4v) is 4.09. The van der Waals surface area contributed by atoms with E-state index in [1.54, 1.807) is 12.5 Å². The summed E-state index contributed by atoms with van der Waals surface area (Å²) in [7, 11) is 0. The Morgan fingerprint density at radius 1 is 1.12 bits per heavy atom. The van der Waals surface area contributed by atoms with Crippen LogP contribution in [0.4, 0.5) is 0 Å². The van der Waals surface area contributed by atoms with Gasteiger partial charge in [0.25, 0.3) is 0 Å². The first-order valence-corrected chi connectivity index (χ1v) is 8.68. The van der Waals surface area contributed by atoms with Crippen LogP contribution in [0.5, 0.6) is 0 Å². The van der Waals surface area contributed by atoms with Crippen molar-refractivity contribution in [2.75, 3.05) is 13.1 Å². The van der Waals surface area contributed by atoms with Gasteiger partial charge in [-0.25, -0.2) is 0 Å². The molecular weight excluding hydrogens is 302 g/mol. The summed E-state index contributed by atoms with van der Waals surface area (Å²) in [6.07, 6.45) is 11.0. The van der Waals surface area contributed by atoms with Crippen molar-refractivity contribution in [3.8, 4) is 0 Å². The van der Waals surface area contributed by atoms with Gasteiger partial charge in [0.2, 0.25) is 5.91 Å². The van der Waals surface area contributed by atoms with E-state index in [0.29, 0.717) is 18.9 Å². The number of amides is 1. The quantitative estimate of drug-likeness (QED) is 0.867. The number of pyridine rings is 1. The number of aromatic nitrogens is 1. The van der Waals surface area contributed by atoms with Gasteiger partial charge in [0.05, 0.1) is 12.5 Å². The zero-order chi connectivity index (χ0) is 16.4. The zero-order valence-electron chi connectivity index (χ0n) is 13.9. The van der Waals surface area contributed by atoms with Gasteiger partial charge in [-0.15, -0.1) is 0 Å². The molecule has 1 amide bonds. The first-order chi connectivity index (χ1) is 11.8. The predicted molar refractivity (Wildman–Crippen MR) is 90.0 cm³/mol. The number of carbonyl (C=O) groups is 1. The van der Waals surface area contributed by atoms with Crippen LogP contribution in [0.15, 0.2) is 47.5 Å². The number of hydrogen-bond donors (Lipinski definition) is 0. The molecule has 0 saturated carbocycles. The molecule has 0 aliphatic carbocycles. The van der Waals surface area contributed by atoms with E-state index in [4.69, 9.17) is 4.42 Å². The molecule has 1 spiro atoms. The maximum absolute atomic E-state index is 12.5. The predicted octanol–water partition coefficient (Wildman–Crippen LogP) is 2.83. The molecule has 5 nitrogen and oxygen atoms in total. The molecule has 126 valence electrons. The Morgan fingerprint density at radius 3 is 2.71 bits per heavy atom. The van der Waals surface area contributed by atoms with Gasteiger partial charge in [0, 0.05) is 56.1 Å². The minimum Gasteiger partial charge on any atom is -0.472 e. The van der Waals surface area contributed by atoms with Crippen LogP contribution < -0.4 is 0 Å². The Balaban J connectivity index is 1.43. The van der Waals surface area contributed by atoms with Gasteiger partial charge in [-0.05, 0) is 37.0 Å². The second-order valence-electron chi connectivity index (χ2n) is 6.97. The molecule has 2 aromatic heterocycles. The van der Waals surface area contributed by atoms with Crippen molar-refractivity contribution in [3.05, 3.63) is 54.2 Å². The lowest BCUT2D eigenvalue weighted by molar-refractivity contribution is -0.133. The van der Waals surface area contributed by atoms with Gasteiger partial charge < -0.3 is 9.32 Å². The van der Waals surface area contributed by atoms with E-state index < -0.39 is 0 Å². The highest BCUT2D eigenvalue weighted by atomic mass is 16.3. The third kappa shape index (κ3) is 2.96.